The predicted octanol–water partition coefficient (Wildman–Crippen LogP) is 6.06. The molecule has 4 nitrogen and oxygen atoms in total. The second kappa shape index (κ2) is 10.9. The number of anilines is 1. The van der Waals surface area contributed by atoms with Gasteiger partial charge in [-0.1, -0.05) is 32.6 Å². The summed E-state index contributed by atoms with van der Waals surface area (Å²) < 4.78 is 11.7. The van der Waals surface area contributed by atoms with Gasteiger partial charge >= 0.3 is 0 Å². The Balaban J connectivity index is 1.82. The molecule has 0 unspecified atom stereocenters. The van der Waals surface area contributed by atoms with E-state index < -0.39 is 0 Å². The van der Waals surface area contributed by atoms with Gasteiger partial charge in [-0.15, -0.1) is 0 Å². The van der Waals surface area contributed by atoms with Crippen molar-refractivity contribution in [1.29, 1.82) is 0 Å². The van der Waals surface area contributed by atoms with Gasteiger partial charge in [-0.05, 0) is 64.8 Å². The fourth-order valence-corrected chi connectivity index (χ4v) is 3.08. The van der Waals surface area contributed by atoms with Crippen LogP contribution in [0.4, 0.5) is 5.69 Å². The summed E-state index contributed by atoms with van der Waals surface area (Å²) in [5, 5.41) is 2.88. The number of hydrogen-bond acceptors (Lipinski definition) is 3. The van der Waals surface area contributed by atoms with Crippen LogP contribution in [0.25, 0.3) is 0 Å². The molecular formula is C21H26BrNO3. The minimum absolute atomic E-state index is 0.169. The minimum Gasteiger partial charge on any atom is -0.496 e. The number of carbonyl (C=O) groups excluding carboxylic acids is 1. The van der Waals surface area contributed by atoms with E-state index in [-0.39, 0.29) is 5.91 Å². The van der Waals surface area contributed by atoms with Crippen LogP contribution in [0.5, 0.6) is 11.5 Å². The molecule has 0 saturated carbocycles. The molecule has 0 atom stereocenters. The molecule has 0 heterocycles. The van der Waals surface area contributed by atoms with E-state index in [9.17, 15) is 4.79 Å². The second-order valence-corrected chi connectivity index (χ2v) is 6.94. The van der Waals surface area contributed by atoms with Crippen molar-refractivity contribution in [3.8, 4) is 11.5 Å². The number of benzene rings is 2. The van der Waals surface area contributed by atoms with Gasteiger partial charge in [-0.3, -0.25) is 4.79 Å². The highest BCUT2D eigenvalue weighted by Crippen LogP contribution is 2.26. The van der Waals surface area contributed by atoms with Crippen molar-refractivity contribution in [2.45, 2.75) is 39.0 Å². The molecule has 26 heavy (non-hydrogen) atoms. The standard InChI is InChI=1S/C21H26BrNO3/c1-3-4-5-6-7-14-26-18-11-9-17(10-12-18)23-21(24)16-8-13-20(25-2)19(22)15-16/h8-13,15H,3-7,14H2,1-2H3,(H,23,24). The van der Waals surface area contributed by atoms with Crippen LogP contribution < -0.4 is 14.8 Å². The first-order valence-electron chi connectivity index (χ1n) is 9.01. The lowest BCUT2D eigenvalue weighted by atomic mass is 10.2. The van der Waals surface area contributed by atoms with E-state index >= 15 is 0 Å². The third kappa shape index (κ3) is 6.37. The predicted molar refractivity (Wildman–Crippen MR) is 109 cm³/mol. The molecule has 1 N–H and O–H groups in total. The first kappa shape index (κ1) is 20.3. The number of methoxy groups -OCH3 is 1. The Kier molecular flexibility index (Phi) is 8.48. The van der Waals surface area contributed by atoms with Crippen LogP contribution in [0, 0.1) is 0 Å². The van der Waals surface area contributed by atoms with Crippen molar-refractivity contribution in [1.82, 2.24) is 0 Å². The van der Waals surface area contributed by atoms with E-state index in [2.05, 4.69) is 28.2 Å². The first-order valence-corrected chi connectivity index (χ1v) is 9.81. The number of hydrogen-bond donors (Lipinski definition) is 1. The smallest absolute Gasteiger partial charge is 0.255 e. The molecule has 0 aromatic heterocycles. The number of rotatable bonds is 10. The Labute approximate surface area is 164 Å². The fraction of sp³-hybridized carbons (Fsp3) is 0.381. The molecule has 140 valence electrons. The largest absolute Gasteiger partial charge is 0.496 e. The van der Waals surface area contributed by atoms with E-state index in [0.717, 1.165) is 28.9 Å². The quantitative estimate of drug-likeness (QED) is 0.476. The zero-order chi connectivity index (χ0) is 18.8. The summed E-state index contributed by atoms with van der Waals surface area (Å²) in [4.78, 5) is 12.3. The highest BCUT2D eigenvalue weighted by Gasteiger charge is 2.09. The maximum atomic E-state index is 12.3. The summed E-state index contributed by atoms with van der Waals surface area (Å²) in [6.45, 7) is 2.94. The lowest BCUT2D eigenvalue weighted by Crippen LogP contribution is -2.11. The van der Waals surface area contributed by atoms with Gasteiger partial charge in [-0.25, -0.2) is 0 Å². The van der Waals surface area contributed by atoms with E-state index in [1.54, 1.807) is 25.3 Å². The van der Waals surface area contributed by atoms with Crippen molar-refractivity contribution in [3.63, 3.8) is 0 Å². The average Bonchev–Trinajstić information content (AvgIpc) is 2.65. The van der Waals surface area contributed by atoms with Crippen LogP contribution in [0.1, 0.15) is 49.4 Å². The number of ether oxygens (including phenoxy) is 2. The van der Waals surface area contributed by atoms with Gasteiger partial charge in [0, 0.05) is 11.3 Å². The lowest BCUT2D eigenvalue weighted by Gasteiger charge is -2.09. The Morgan fingerprint density at radius 1 is 1.04 bits per heavy atom. The number of amides is 1. The van der Waals surface area contributed by atoms with Crippen molar-refractivity contribution in [2.75, 3.05) is 19.0 Å². The van der Waals surface area contributed by atoms with E-state index in [4.69, 9.17) is 9.47 Å². The Bertz CT molecular complexity index is 701. The third-order valence-corrected chi connectivity index (χ3v) is 4.66. The zero-order valence-electron chi connectivity index (χ0n) is 15.4. The Hall–Kier alpha value is -2.01. The van der Waals surface area contributed by atoms with Crippen molar-refractivity contribution in [2.24, 2.45) is 0 Å². The monoisotopic (exact) mass is 419 g/mol. The molecular weight excluding hydrogens is 394 g/mol. The molecule has 5 heteroatoms. The highest BCUT2D eigenvalue weighted by molar-refractivity contribution is 9.10. The summed E-state index contributed by atoms with van der Waals surface area (Å²) in [6, 6.07) is 12.7. The lowest BCUT2D eigenvalue weighted by molar-refractivity contribution is 0.102. The summed E-state index contributed by atoms with van der Waals surface area (Å²) >= 11 is 3.39. The number of halogens is 1. The van der Waals surface area contributed by atoms with Crippen LogP contribution in [0.2, 0.25) is 0 Å². The minimum atomic E-state index is -0.169. The van der Waals surface area contributed by atoms with Crippen molar-refractivity contribution in [3.05, 3.63) is 52.5 Å². The molecule has 0 aliphatic carbocycles. The topological polar surface area (TPSA) is 47.6 Å². The van der Waals surface area contributed by atoms with Gasteiger partial charge in [0.05, 0.1) is 18.2 Å². The number of nitrogens with one attached hydrogen (secondary N) is 1. The molecule has 2 aromatic rings. The first-order chi connectivity index (χ1) is 12.6. The summed E-state index contributed by atoms with van der Waals surface area (Å²) in [7, 11) is 1.59. The fourth-order valence-electron chi connectivity index (χ4n) is 2.54. The Morgan fingerprint density at radius 2 is 1.77 bits per heavy atom. The summed E-state index contributed by atoms with van der Waals surface area (Å²) in [6.07, 6.45) is 6.09. The van der Waals surface area contributed by atoms with Gasteiger partial charge < -0.3 is 14.8 Å². The van der Waals surface area contributed by atoms with Gasteiger partial charge in [-0.2, -0.15) is 0 Å². The molecule has 0 aliphatic heterocycles. The van der Waals surface area contributed by atoms with E-state index in [0.29, 0.717) is 11.3 Å². The molecule has 0 spiro atoms. The van der Waals surface area contributed by atoms with Gasteiger partial charge in [0.25, 0.3) is 5.91 Å². The van der Waals surface area contributed by atoms with E-state index in [1.165, 1.54) is 25.7 Å². The second-order valence-electron chi connectivity index (χ2n) is 6.09. The molecule has 2 aromatic carbocycles. The zero-order valence-corrected chi connectivity index (χ0v) is 17.0. The maximum Gasteiger partial charge on any atom is 0.255 e. The van der Waals surface area contributed by atoms with Crippen LogP contribution in [-0.2, 0) is 0 Å². The van der Waals surface area contributed by atoms with E-state index in [1.807, 2.05) is 24.3 Å². The third-order valence-electron chi connectivity index (χ3n) is 4.04. The van der Waals surface area contributed by atoms with Crippen molar-refractivity contribution >= 4 is 27.5 Å². The maximum absolute atomic E-state index is 12.3. The van der Waals surface area contributed by atoms with Crippen LogP contribution in [0.3, 0.4) is 0 Å². The van der Waals surface area contributed by atoms with Gasteiger partial charge in [0.2, 0.25) is 0 Å². The van der Waals surface area contributed by atoms with Crippen molar-refractivity contribution < 1.29 is 14.3 Å². The molecule has 2 rings (SSSR count). The molecule has 1 amide bonds. The molecule has 0 radical (unpaired) electrons. The average molecular weight is 420 g/mol. The molecule has 0 fully saturated rings. The summed E-state index contributed by atoms with van der Waals surface area (Å²) in [5.41, 5.74) is 1.29. The molecule has 0 saturated heterocycles. The van der Waals surface area contributed by atoms with Gasteiger partial charge in [0.15, 0.2) is 0 Å². The number of unbranched alkanes of at least 4 members (excludes halogenated alkanes) is 4. The Morgan fingerprint density at radius 3 is 2.42 bits per heavy atom. The highest BCUT2D eigenvalue weighted by atomic mass is 79.9. The van der Waals surface area contributed by atoms with Gasteiger partial charge in [0.1, 0.15) is 11.5 Å². The van der Waals surface area contributed by atoms with Crippen LogP contribution in [-0.4, -0.2) is 19.6 Å². The summed E-state index contributed by atoms with van der Waals surface area (Å²) in [5.74, 6) is 1.35. The molecule has 0 bridgehead atoms. The van der Waals surface area contributed by atoms with Crippen LogP contribution >= 0.6 is 15.9 Å². The number of carbonyl (C=O) groups is 1. The normalized spacial score (nSPS) is 10.4. The van der Waals surface area contributed by atoms with Crippen LogP contribution in [0.15, 0.2) is 46.9 Å². The SMILES string of the molecule is CCCCCCCOc1ccc(NC(=O)c2ccc(OC)c(Br)c2)cc1. The molecule has 0 aliphatic rings.